The second kappa shape index (κ2) is 9.62. The summed E-state index contributed by atoms with van der Waals surface area (Å²) in [4.78, 5) is 40.6. The Bertz CT molecular complexity index is 1150. The summed E-state index contributed by atoms with van der Waals surface area (Å²) >= 11 is 1.34. The van der Waals surface area contributed by atoms with Crippen LogP contribution in [0.3, 0.4) is 0 Å². The number of amides is 1. The number of nitrogens with two attached hydrogens (primary N) is 1. The number of hydrogen-bond acceptors (Lipinski definition) is 9. The lowest BCUT2D eigenvalue weighted by atomic mass is 10.1. The third kappa shape index (κ3) is 4.85. The van der Waals surface area contributed by atoms with Gasteiger partial charge in [-0.3, -0.25) is 4.79 Å². The standard InChI is InChI=1S/C23H28N6O3S/c1-4-32-22(31)17-14-33-21-19(17)20(25-23(24)26-21)29-11-9-28(10-12-29)18(30)13-15-5-7-16(8-6-15)27(2)3/h5-8,14H,4,9-13H2,1-3H3,(H2,24,25,26). The van der Waals surface area contributed by atoms with Gasteiger partial charge in [0, 0.05) is 51.3 Å². The van der Waals surface area contributed by atoms with Crippen molar-refractivity contribution < 1.29 is 14.3 Å². The first-order valence-corrected chi connectivity index (χ1v) is 11.8. The Balaban J connectivity index is 1.47. The van der Waals surface area contributed by atoms with Crippen LogP contribution in [0.15, 0.2) is 29.6 Å². The molecule has 1 aromatic carbocycles. The number of piperazine rings is 1. The number of carbonyl (C=O) groups excluding carboxylic acids is 2. The number of rotatable bonds is 6. The topological polar surface area (TPSA) is 105 Å². The van der Waals surface area contributed by atoms with Crippen LogP contribution in [0, 0.1) is 0 Å². The molecule has 1 aliphatic rings. The number of anilines is 3. The first kappa shape index (κ1) is 22.8. The van der Waals surface area contributed by atoms with Gasteiger partial charge < -0.3 is 25.2 Å². The maximum absolute atomic E-state index is 12.9. The molecule has 0 saturated carbocycles. The molecule has 2 N–H and O–H groups in total. The van der Waals surface area contributed by atoms with E-state index in [2.05, 4.69) is 14.9 Å². The number of nitrogen functional groups attached to an aromatic ring is 1. The molecule has 2 aromatic heterocycles. The minimum Gasteiger partial charge on any atom is -0.462 e. The van der Waals surface area contributed by atoms with Crippen molar-refractivity contribution in [3.63, 3.8) is 0 Å². The fourth-order valence-corrected chi connectivity index (χ4v) is 4.80. The molecule has 33 heavy (non-hydrogen) atoms. The van der Waals surface area contributed by atoms with Crippen LogP contribution in [0.1, 0.15) is 22.8 Å². The van der Waals surface area contributed by atoms with E-state index in [0.717, 1.165) is 11.3 Å². The van der Waals surface area contributed by atoms with E-state index in [9.17, 15) is 9.59 Å². The van der Waals surface area contributed by atoms with Crippen molar-refractivity contribution >= 4 is 50.9 Å². The molecule has 0 unspecified atom stereocenters. The van der Waals surface area contributed by atoms with Gasteiger partial charge in [0.1, 0.15) is 10.6 Å². The average molecular weight is 469 g/mol. The van der Waals surface area contributed by atoms with Gasteiger partial charge in [-0.05, 0) is 24.6 Å². The lowest BCUT2D eigenvalue weighted by Gasteiger charge is -2.36. The third-order valence-corrected chi connectivity index (χ3v) is 6.54. The number of hydrogen-bond donors (Lipinski definition) is 1. The molecule has 0 aliphatic carbocycles. The van der Waals surface area contributed by atoms with Crippen molar-refractivity contribution in [1.29, 1.82) is 0 Å². The SMILES string of the molecule is CCOC(=O)c1csc2nc(N)nc(N3CCN(C(=O)Cc4ccc(N(C)C)cc4)CC3)c12. The van der Waals surface area contributed by atoms with Crippen molar-refractivity contribution in [3.8, 4) is 0 Å². The highest BCUT2D eigenvalue weighted by Crippen LogP contribution is 2.33. The van der Waals surface area contributed by atoms with Crippen molar-refractivity contribution in [2.24, 2.45) is 0 Å². The largest absolute Gasteiger partial charge is 0.462 e. The lowest BCUT2D eigenvalue weighted by Crippen LogP contribution is -2.49. The Labute approximate surface area is 196 Å². The van der Waals surface area contributed by atoms with Crippen LogP contribution in [-0.4, -0.2) is 73.6 Å². The van der Waals surface area contributed by atoms with E-state index < -0.39 is 5.97 Å². The van der Waals surface area contributed by atoms with Crippen molar-refractivity contribution in [1.82, 2.24) is 14.9 Å². The van der Waals surface area contributed by atoms with Crippen LogP contribution in [0.25, 0.3) is 10.2 Å². The zero-order chi connectivity index (χ0) is 23.5. The predicted octanol–water partition coefficient (Wildman–Crippen LogP) is 2.41. The molecule has 0 bridgehead atoms. The molecule has 1 amide bonds. The Morgan fingerprint density at radius 3 is 2.45 bits per heavy atom. The maximum Gasteiger partial charge on any atom is 0.339 e. The molecule has 174 valence electrons. The molecule has 3 heterocycles. The highest BCUT2D eigenvalue weighted by Gasteiger charge is 2.27. The second-order valence-corrected chi connectivity index (χ2v) is 8.92. The number of nitrogens with zero attached hydrogens (tertiary/aromatic N) is 5. The predicted molar refractivity (Wildman–Crippen MR) is 131 cm³/mol. The number of aromatic nitrogens is 2. The summed E-state index contributed by atoms with van der Waals surface area (Å²) < 4.78 is 5.20. The Hall–Kier alpha value is -3.40. The number of thiophene rings is 1. The van der Waals surface area contributed by atoms with Gasteiger partial charge in [-0.1, -0.05) is 12.1 Å². The van der Waals surface area contributed by atoms with Gasteiger partial charge in [-0.2, -0.15) is 4.98 Å². The second-order valence-electron chi connectivity index (χ2n) is 8.06. The molecule has 3 aromatic rings. The van der Waals surface area contributed by atoms with Gasteiger partial charge in [0.05, 0.1) is 24.0 Å². The van der Waals surface area contributed by atoms with Crippen molar-refractivity contribution in [2.45, 2.75) is 13.3 Å². The minimum atomic E-state index is -0.396. The van der Waals surface area contributed by atoms with E-state index in [-0.39, 0.29) is 11.9 Å². The zero-order valence-corrected chi connectivity index (χ0v) is 19.9. The van der Waals surface area contributed by atoms with Gasteiger partial charge in [0.25, 0.3) is 0 Å². The molecular formula is C23H28N6O3S. The molecule has 1 aliphatic heterocycles. The highest BCUT2D eigenvalue weighted by molar-refractivity contribution is 7.17. The molecule has 0 radical (unpaired) electrons. The first-order chi connectivity index (χ1) is 15.9. The van der Waals surface area contributed by atoms with E-state index >= 15 is 0 Å². The van der Waals surface area contributed by atoms with Gasteiger partial charge in [-0.15, -0.1) is 11.3 Å². The summed E-state index contributed by atoms with van der Waals surface area (Å²) in [6, 6.07) is 8.04. The molecular weight excluding hydrogens is 440 g/mol. The van der Waals surface area contributed by atoms with E-state index in [1.54, 1.807) is 12.3 Å². The summed E-state index contributed by atoms with van der Waals surface area (Å²) in [7, 11) is 3.98. The minimum absolute atomic E-state index is 0.0994. The quantitative estimate of drug-likeness (QED) is 0.550. The normalized spacial score (nSPS) is 13.9. The molecule has 4 rings (SSSR count). The van der Waals surface area contributed by atoms with E-state index in [4.69, 9.17) is 10.5 Å². The van der Waals surface area contributed by atoms with Gasteiger partial charge in [0.15, 0.2) is 0 Å². The zero-order valence-electron chi connectivity index (χ0n) is 19.1. The lowest BCUT2D eigenvalue weighted by molar-refractivity contribution is -0.130. The Morgan fingerprint density at radius 2 is 1.82 bits per heavy atom. The number of carbonyl (C=O) groups is 2. The van der Waals surface area contributed by atoms with Crippen LogP contribution in [0.2, 0.25) is 0 Å². The van der Waals surface area contributed by atoms with Crippen LogP contribution in [0.4, 0.5) is 17.5 Å². The monoisotopic (exact) mass is 468 g/mol. The average Bonchev–Trinajstić information content (AvgIpc) is 3.23. The Kier molecular flexibility index (Phi) is 6.64. The molecule has 1 saturated heterocycles. The summed E-state index contributed by atoms with van der Waals surface area (Å²) in [5.74, 6) is 0.484. The Morgan fingerprint density at radius 1 is 1.12 bits per heavy atom. The maximum atomic E-state index is 12.9. The molecule has 0 atom stereocenters. The number of esters is 1. The third-order valence-electron chi connectivity index (χ3n) is 5.67. The van der Waals surface area contributed by atoms with Crippen LogP contribution >= 0.6 is 11.3 Å². The number of ether oxygens (including phenoxy) is 1. The van der Waals surface area contributed by atoms with E-state index in [0.29, 0.717) is 60.8 Å². The van der Waals surface area contributed by atoms with Crippen LogP contribution < -0.4 is 15.5 Å². The summed E-state index contributed by atoms with van der Waals surface area (Å²) in [6.07, 6.45) is 0.371. The highest BCUT2D eigenvalue weighted by atomic mass is 32.1. The summed E-state index contributed by atoms with van der Waals surface area (Å²) in [5.41, 5.74) is 8.49. The summed E-state index contributed by atoms with van der Waals surface area (Å²) in [6.45, 7) is 4.39. The van der Waals surface area contributed by atoms with Gasteiger partial charge >= 0.3 is 5.97 Å². The first-order valence-electron chi connectivity index (χ1n) is 10.9. The molecule has 1 fully saturated rings. The fourth-order valence-electron chi connectivity index (χ4n) is 3.89. The summed E-state index contributed by atoms with van der Waals surface area (Å²) in [5, 5.41) is 2.40. The van der Waals surface area contributed by atoms with Crippen molar-refractivity contribution in [2.75, 3.05) is 62.4 Å². The molecule has 0 spiro atoms. The smallest absolute Gasteiger partial charge is 0.339 e. The van der Waals surface area contributed by atoms with Gasteiger partial charge in [0.2, 0.25) is 11.9 Å². The van der Waals surface area contributed by atoms with Crippen LogP contribution in [-0.2, 0) is 16.0 Å². The fraction of sp³-hybridized carbons (Fsp3) is 0.391. The van der Waals surface area contributed by atoms with Crippen molar-refractivity contribution in [3.05, 3.63) is 40.8 Å². The van der Waals surface area contributed by atoms with Crippen LogP contribution in [0.5, 0.6) is 0 Å². The van der Waals surface area contributed by atoms with E-state index in [1.807, 2.05) is 48.2 Å². The molecule has 9 nitrogen and oxygen atoms in total. The van der Waals surface area contributed by atoms with E-state index in [1.165, 1.54) is 11.3 Å². The van der Waals surface area contributed by atoms with Gasteiger partial charge in [-0.25, -0.2) is 9.78 Å². The molecule has 10 heteroatoms. The number of fused-ring (bicyclic) bond motifs is 1. The number of benzene rings is 1.